The number of hydrogen-bond donors (Lipinski definition) is 0. The summed E-state index contributed by atoms with van der Waals surface area (Å²) in [6.45, 7) is 4.71. The maximum atomic E-state index is 13.2. The molecule has 1 amide bonds. The monoisotopic (exact) mass is 433 g/mol. The lowest BCUT2D eigenvalue weighted by Gasteiger charge is -2.34. The molecule has 0 radical (unpaired) electrons. The number of nitrogens with zero attached hydrogens (tertiary/aromatic N) is 1. The van der Waals surface area contributed by atoms with Gasteiger partial charge in [-0.15, -0.1) is 0 Å². The van der Waals surface area contributed by atoms with Gasteiger partial charge in [-0.05, 0) is 58.2 Å². The number of allylic oxidation sites excluding steroid dienone is 1. The SMILES string of the molecule is C=C(C1=CC2CCC(C1)N2C(=O)OCC1c2ccccc2-c2ccccc21)c1ccccc1. The minimum atomic E-state index is -0.190. The lowest BCUT2D eigenvalue weighted by molar-refractivity contribution is 0.0854. The van der Waals surface area contributed by atoms with Crippen LogP contribution in [-0.4, -0.2) is 29.7 Å². The average molecular weight is 434 g/mol. The van der Waals surface area contributed by atoms with E-state index in [0.29, 0.717) is 6.61 Å². The molecule has 2 aliphatic heterocycles. The van der Waals surface area contributed by atoms with Crippen LogP contribution in [0.3, 0.4) is 0 Å². The van der Waals surface area contributed by atoms with E-state index in [-0.39, 0.29) is 24.1 Å². The molecule has 6 rings (SSSR count). The Morgan fingerprint density at radius 1 is 0.879 bits per heavy atom. The third kappa shape index (κ3) is 3.39. The smallest absolute Gasteiger partial charge is 0.410 e. The van der Waals surface area contributed by atoms with Crippen LogP contribution in [0.15, 0.2) is 97.1 Å². The van der Waals surface area contributed by atoms with Crippen molar-refractivity contribution in [1.29, 1.82) is 0 Å². The summed E-state index contributed by atoms with van der Waals surface area (Å²) in [6, 6.07) is 27.5. The molecule has 0 aromatic heterocycles. The summed E-state index contributed by atoms with van der Waals surface area (Å²) in [5.74, 6) is 0.0905. The Kier molecular flexibility index (Phi) is 4.91. The molecule has 164 valence electrons. The lowest BCUT2D eigenvalue weighted by atomic mass is 9.91. The molecule has 0 spiro atoms. The first-order valence-corrected chi connectivity index (χ1v) is 11.8. The van der Waals surface area contributed by atoms with Gasteiger partial charge in [0.25, 0.3) is 0 Å². The Balaban J connectivity index is 1.19. The summed E-state index contributed by atoms with van der Waals surface area (Å²) in [5.41, 5.74) is 8.47. The maximum absolute atomic E-state index is 13.2. The van der Waals surface area contributed by atoms with E-state index >= 15 is 0 Å². The largest absolute Gasteiger partial charge is 0.448 e. The highest BCUT2D eigenvalue weighted by Crippen LogP contribution is 2.45. The third-order valence-electron chi connectivity index (χ3n) is 7.45. The number of carbonyl (C=O) groups is 1. The van der Waals surface area contributed by atoms with Gasteiger partial charge in [0.05, 0.1) is 6.04 Å². The van der Waals surface area contributed by atoms with Gasteiger partial charge in [0, 0.05) is 12.0 Å². The Labute approximate surface area is 195 Å². The van der Waals surface area contributed by atoms with Gasteiger partial charge < -0.3 is 4.74 Å². The first kappa shape index (κ1) is 20.0. The maximum Gasteiger partial charge on any atom is 0.410 e. The van der Waals surface area contributed by atoms with Crippen LogP contribution in [-0.2, 0) is 4.74 Å². The van der Waals surface area contributed by atoms with Gasteiger partial charge >= 0.3 is 6.09 Å². The highest BCUT2D eigenvalue weighted by molar-refractivity contribution is 5.80. The molecule has 33 heavy (non-hydrogen) atoms. The van der Waals surface area contributed by atoms with E-state index in [0.717, 1.165) is 30.4 Å². The standard InChI is InChI=1S/C30H27NO2/c1-20(21-9-3-2-4-10-21)22-17-23-15-16-24(18-22)31(23)30(32)33-19-29-27-13-7-5-11-25(27)26-12-6-8-14-28(26)29/h2-14,17,23-24,29H,1,15-16,18-19H2. The van der Waals surface area contributed by atoms with Crippen molar-refractivity contribution in [3.8, 4) is 11.1 Å². The molecule has 2 atom stereocenters. The molecule has 1 saturated heterocycles. The molecular weight excluding hydrogens is 406 g/mol. The fourth-order valence-corrected chi connectivity index (χ4v) is 5.83. The molecule has 0 N–H and O–H groups in total. The van der Waals surface area contributed by atoms with Crippen molar-refractivity contribution in [2.45, 2.75) is 37.3 Å². The summed E-state index contributed by atoms with van der Waals surface area (Å²) in [6.07, 6.45) is 4.89. The topological polar surface area (TPSA) is 29.5 Å². The highest BCUT2D eigenvalue weighted by Gasteiger charge is 2.41. The number of ether oxygens (including phenoxy) is 1. The summed E-state index contributed by atoms with van der Waals surface area (Å²) in [7, 11) is 0. The third-order valence-corrected chi connectivity index (χ3v) is 7.45. The molecular formula is C30H27NO2. The van der Waals surface area contributed by atoms with Crippen molar-refractivity contribution in [2.75, 3.05) is 6.61 Å². The van der Waals surface area contributed by atoms with Crippen LogP contribution in [0.4, 0.5) is 4.79 Å². The van der Waals surface area contributed by atoms with Crippen molar-refractivity contribution in [2.24, 2.45) is 0 Å². The molecule has 1 aliphatic carbocycles. The van der Waals surface area contributed by atoms with Crippen LogP contribution in [0.25, 0.3) is 16.7 Å². The van der Waals surface area contributed by atoms with Gasteiger partial charge in [-0.1, -0.05) is 91.5 Å². The van der Waals surface area contributed by atoms with Gasteiger partial charge in [-0.2, -0.15) is 0 Å². The van der Waals surface area contributed by atoms with Crippen molar-refractivity contribution in [3.05, 3.63) is 114 Å². The normalized spacial score (nSPS) is 20.7. The summed E-state index contributed by atoms with van der Waals surface area (Å²) >= 11 is 0. The van der Waals surface area contributed by atoms with Crippen LogP contribution >= 0.6 is 0 Å². The summed E-state index contributed by atoms with van der Waals surface area (Å²) in [5, 5.41) is 0. The first-order chi connectivity index (χ1) is 16.2. The van der Waals surface area contributed by atoms with Crippen molar-refractivity contribution in [1.82, 2.24) is 4.90 Å². The average Bonchev–Trinajstić information content (AvgIpc) is 3.33. The summed E-state index contributed by atoms with van der Waals surface area (Å²) < 4.78 is 5.98. The number of fused-ring (bicyclic) bond motifs is 5. The minimum Gasteiger partial charge on any atom is -0.448 e. The number of carbonyl (C=O) groups excluding carboxylic acids is 1. The Morgan fingerprint density at radius 2 is 1.52 bits per heavy atom. The van der Waals surface area contributed by atoms with E-state index < -0.39 is 0 Å². The van der Waals surface area contributed by atoms with Crippen LogP contribution in [0, 0.1) is 0 Å². The lowest BCUT2D eigenvalue weighted by Crippen LogP contribution is -2.43. The predicted octanol–water partition coefficient (Wildman–Crippen LogP) is 6.81. The minimum absolute atomic E-state index is 0.0905. The van der Waals surface area contributed by atoms with Crippen LogP contribution in [0.5, 0.6) is 0 Å². The van der Waals surface area contributed by atoms with Crippen molar-refractivity contribution in [3.63, 3.8) is 0 Å². The molecule has 3 aromatic rings. The number of amides is 1. The van der Waals surface area contributed by atoms with Gasteiger partial charge in [-0.3, -0.25) is 4.90 Å². The van der Waals surface area contributed by atoms with Crippen LogP contribution < -0.4 is 0 Å². The second kappa shape index (κ2) is 8.08. The first-order valence-electron chi connectivity index (χ1n) is 11.8. The number of rotatable bonds is 4. The Hall–Kier alpha value is -3.59. The quantitative estimate of drug-likeness (QED) is 0.452. The second-order valence-corrected chi connectivity index (χ2v) is 9.25. The van der Waals surface area contributed by atoms with E-state index in [1.54, 1.807) is 0 Å². The molecule has 3 aliphatic rings. The van der Waals surface area contributed by atoms with E-state index in [2.05, 4.69) is 73.3 Å². The number of hydrogen-bond acceptors (Lipinski definition) is 2. The molecule has 2 bridgehead atoms. The molecule has 2 heterocycles. The summed E-state index contributed by atoms with van der Waals surface area (Å²) in [4.78, 5) is 15.2. The zero-order valence-electron chi connectivity index (χ0n) is 18.6. The van der Waals surface area contributed by atoms with Gasteiger partial charge in [0.2, 0.25) is 0 Å². The molecule has 2 unspecified atom stereocenters. The molecule has 3 heteroatoms. The van der Waals surface area contributed by atoms with E-state index in [9.17, 15) is 4.79 Å². The highest BCUT2D eigenvalue weighted by atomic mass is 16.6. The zero-order valence-corrected chi connectivity index (χ0v) is 18.6. The van der Waals surface area contributed by atoms with Gasteiger partial charge in [0.1, 0.15) is 6.61 Å². The molecule has 0 saturated carbocycles. The Bertz CT molecular complexity index is 1210. The van der Waals surface area contributed by atoms with Crippen molar-refractivity contribution < 1.29 is 9.53 Å². The number of benzene rings is 3. The predicted molar refractivity (Wildman–Crippen MR) is 132 cm³/mol. The fourth-order valence-electron chi connectivity index (χ4n) is 5.83. The van der Waals surface area contributed by atoms with Gasteiger partial charge in [0.15, 0.2) is 0 Å². The van der Waals surface area contributed by atoms with Crippen LogP contribution in [0.2, 0.25) is 0 Å². The molecule has 1 fully saturated rings. The van der Waals surface area contributed by atoms with E-state index in [1.165, 1.54) is 27.8 Å². The molecule has 3 aromatic carbocycles. The van der Waals surface area contributed by atoms with Crippen LogP contribution in [0.1, 0.15) is 41.9 Å². The fraction of sp³-hybridized carbons (Fsp3) is 0.233. The Morgan fingerprint density at radius 3 is 2.18 bits per heavy atom. The van der Waals surface area contributed by atoms with E-state index in [1.807, 2.05) is 23.1 Å². The van der Waals surface area contributed by atoms with Crippen molar-refractivity contribution >= 4 is 11.7 Å². The second-order valence-electron chi connectivity index (χ2n) is 9.25. The van der Waals surface area contributed by atoms with Gasteiger partial charge in [-0.25, -0.2) is 4.79 Å². The zero-order chi connectivity index (χ0) is 22.4. The van der Waals surface area contributed by atoms with E-state index in [4.69, 9.17) is 4.74 Å². The molecule has 3 nitrogen and oxygen atoms in total.